The molecule has 1 unspecified atom stereocenters. The van der Waals surface area contributed by atoms with Gasteiger partial charge in [0.15, 0.2) is 5.82 Å². The summed E-state index contributed by atoms with van der Waals surface area (Å²) in [7, 11) is 0. The van der Waals surface area contributed by atoms with Crippen LogP contribution in [0.3, 0.4) is 0 Å². The predicted octanol–water partition coefficient (Wildman–Crippen LogP) is 2.52. The molecule has 0 aliphatic carbocycles. The Balaban J connectivity index is 2.26. The van der Waals surface area contributed by atoms with E-state index in [0.29, 0.717) is 12.4 Å². The number of rotatable bonds is 5. The molecule has 1 atom stereocenters. The van der Waals surface area contributed by atoms with E-state index in [1.54, 1.807) is 4.68 Å². The zero-order chi connectivity index (χ0) is 14.7. The average molecular weight is 339 g/mol. The van der Waals surface area contributed by atoms with E-state index in [2.05, 4.69) is 31.5 Å². The number of nitrogens with zero attached hydrogens (tertiary/aromatic N) is 4. The Morgan fingerprint density at radius 2 is 2.25 bits per heavy atom. The largest absolute Gasteiger partial charge is 0.481 e. The monoisotopic (exact) mass is 338 g/mol. The van der Waals surface area contributed by atoms with E-state index in [1.807, 2.05) is 32.0 Å². The van der Waals surface area contributed by atoms with Gasteiger partial charge in [0.1, 0.15) is 0 Å². The fourth-order valence-electron chi connectivity index (χ4n) is 1.98. The van der Waals surface area contributed by atoms with Gasteiger partial charge in [0.25, 0.3) is 0 Å². The molecule has 0 fully saturated rings. The first-order valence-electron chi connectivity index (χ1n) is 6.22. The average Bonchev–Trinajstić information content (AvgIpc) is 2.75. The summed E-state index contributed by atoms with van der Waals surface area (Å²) in [6, 6.07) is 5.93. The molecule has 20 heavy (non-hydrogen) atoms. The van der Waals surface area contributed by atoms with Crippen LogP contribution in [0.15, 0.2) is 22.7 Å². The van der Waals surface area contributed by atoms with Gasteiger partial charge in [-0.15, -0.1) is 5.10 Å². The molecule has 2 rings (SSSR count). The van der Waals surface area contributed by atoms with E-state index in [0.717, 1.165) is 15.6 Å². The number of carboxylic acids is 1. The number of tetrazole rings is 1. The van der Waals surface area contributed by atoms with Gasteiger partial charge in [0.2, 0.25) is 0 Å². The first-order valence-corrected chi connectivity index (χ1v) is 7.01. The number of carboxylic acid groups (broad SMARTS) is 1. The standard InChI is InChI=1S/C13H15BrN4O2/c1-8-3-4-10(11(14)5-8)13-15-16-17-18(13)7-9(2)6-12(19)20/h3-5,9H,6-7H2,1-2H3,(H,19,20). The number of hydrogen-bond acceptors (Lipinski definition) is 4. The summed E-state index contributed by atoms with van der Waals surface area (Å²) in [4.78, 5) is 10.7. The molecule has 0 aliphatic heterocycles. The topological polar surface area (TPSA) is 80.9 Å². The zero-order valence-corrected chi connectivity index (χ0v) is 12.8. The second kappa shape index (κ2) is 6.13. The highest BCUT2D eigenvalue weighted by molar-refractivity contribution is 9.10. The van der Waals surface area contributed by atoms with Gasteiger partial charge in [0, 0.05) is 23.0 Å². The van der Waals surface area contributed by atoms with Crippen molar-refractivity contribution in [3.63, 3.8) is 0 Å². The molecule has 1 N–H and O–H groups in total. The van der Waals surface area contributed by atoms with Crippen LogP contribution >= 0.6 is 15.9 Å². The van der Waals surface area contributed by atoms with Gasteiger partial charge in [-0.1, -0.05) is 28.9 Å². The SMILES string of the molecule is Cc1ccc(-c2nnnn2CC(C)CC(=O)O)c(Br)c1. The van der Waals surface area contributed by atoms with Crippen LogP contribution in [-0.2, 0) is 11.3 Å². The third-order valence-corrected chi connectivity index (χ3v) is 3.56. The summed E-state index contributed by atoms with van der Waals surface area (Å²) in [5, 5.41) is 20.5. The van der Waals surface area contributed by atoms with Crippen molar-refractivity contribution in [3.05, 3.63) is 28.2 Å². The molecule has 0 saturated heterocycles. The summed E-state index contributed by atoms with van der Waals surface area (Å²) in [5.74, 6) is -0.225. The maximum atomic E-state index is 10.7. The first-order chi connectivity index (χ1) is 9.47. The van der Waals surface area contributed by atoms with Gasteiger partial charge in [-0.05, 0) is 41.0 Å². The number of halogens is 1. The van der Waals surface area contributed by atoms with Gasteiger partial charge in [-0.2, -0.15) is 0 Å². The Labute approximate surface area is 124 Å². The molecular formula is C13H15BrN4O2. The Morgan fingerprint density at radius 3 is 2.90 bits per heavy atom. The van der Waals surface area contributed by atoms with Crippen molar-refractivity contribution in [2.24, 2.45) is 5.92 Å². The van der Waals surface area contributed by atoms with E-state index < -0.39 is 5.97 Å². The molecule has 6 nitrogen and oxygen atoms in total. The van der Waals surface area contributed by atoms with E-state index in [9.17, 15) is 4.79 Å². The molecule has 1 heterocycles. The Hall–Kier alpha value is -1.76. The minimum absolute atomic E-state index is 0.0426. The van der Waals surface area contributed by atoms with E-state index in [4.69, 9.17) is 5.11 Å². The van der Waals surface area contributed by atoms with Crippen molar-refractivity contribution >= 4 is 21.9 Å². The third-order valence-electron chi connectivity index (χ3n) is 2.91. The molecule has 2 aromatic rings. The van der Waals surface area contributed by atoms with Crippen LogP contribution in [0.2, 0.25) is 0 Å². The molecule has 1 aromatic carbocycles. The smallest absolute Gasteiger partial charge is 0.303 e. The van der Waals surface area contributed by atoms with Crippen LogP contribution in [-0.4, -0.2) is 31.3 Å². The van der Waals surface area contributed by atoms with Crippen LogP contribution < -0.4 is 0 Å². The van der Waals surface area contributed by atoms with Gasteiger partial charge in [0.05, 0.1) is 0 Å². The maximum Gasteiger partial charge on any atom is 0.303 e. The van der Waals surface area contributed by atoms with Crippen LogP contribution in [0.1, 0.15) is 18.9 Å². The van der Waals surface area contributed by atoms with Crippen molar-refractivity contribution in [1.29, 1.82) is 0 Å². The van der Waals surface area contributed by atoms with Gasteiger partial charge < -0.3 is 5.11 Å². The fraction of sp³-hybridized carbons (Fsp3) is 0.385. The van der Waals surface area contributed by atoms with E-state index in [-0.39, 0.29) is 12.3 Å². The normalized spacial score (nSPS) is 12.3. The highest BCUT2D eigenvalue weighted by atomic mass is 79.9. The van der Waals surface area contributed by atoms with Crippen molar-refractivity contribution in [2.45, 2.75) is 26.8 Å². The van der Waals surface area contributed by atoms with Crippen molar-refractivity contribution < 1.29 is 9.90 Å². The summed E-state index contributed by atoms with van der Waals surface area (Å²) >= 11 is 3.51. The minimum atomic E-state index is -0.816. The predicted molar refractivity (Wildman–Crippen MR) is 77.1 cm³/mol. The Bertz CT molecular complexity index is 627. The highest BCUT2D eigenvalue weighted by Gasteiger charge is 2.15. The number of carbonyl (C=O) groups is 1. The van der Waals surface area contributed by atoms with Crippen LogP contribution in [0.4, 0.5) is 0 Å². The number of aryl methyl sites for hydroxylation is 1. The summed E-state index contributed by atoms with van der Waals surface area (Å²) < 4.78 is 2.56. The van der Waals surface area contributed by atoms with Gasteiger partial charge in [-0.3, -0.25) is 4.79 Å². The molecule has 1 aromatic heterocycles. The quantitative estimate of drug-likeness (QED) is 0.905. The number of hydrogen-bond donors (Lipinski definition) is 1. The zero-order valence-electron chi connectivity index (χ0n) is 11.2. The molecule has 0 radical (unpaired) electrons. The minimum Gasteiger partial charge on any atom is -0.481 e. The van der Waals surface area contributed by atoms with Gasteiger partial charge in [-0.25, -0.2) is 4.68 Å². The second-order valence-electron chi connectivity index (χ2n) is 4.87. The molecule has 7 heteroatoms. The Kier molecular flexibility index (Phi) is 4.49. The molecule has 0 saturated carbocycles. The number of aromatic nitrogens is 4. The molecule has 106 valence electrons. The lowest BCUT2D eigenvalue weighted by Gasteiger charge is -2.11. The summed E-state index contributed by atoms with van der Waals surface area (Å²) in [6.07, 6.45) is 0.0916. The molecule has 0 bridgehead atoms. The van der Waals surface area contributed by atoms with Crippen molar-refractivity contribution in [1.82, 2.24) is 20.2 Å². The Morgan fingerprint density at radius 1 is 1.50 bits per heavy atom. The fourth-order valence-corrected chi connectivity index (χ4v) is 2.65. The first kappa shape index (κ1) is 14.6. The second-order valence-corrected chi connectivity index (χ2v) is 5.73. The summed E-state index contributed by atoms with van der Waals surface area (Å²) in [6.45, 7) is 4.34. The van der Waals surface area contributed by atoms with Crippen LogP contribution in [0.5, 0.6) is 0 Å². The van der Waals surface area contributed by atoms with Gasteiger partial charge >= 0.3 is 5.97 Å². The number of aliphatic carboxylic acids is 1. The van der Waals surface area contributed by atoms with E-state index >= 15 is 0 Å². The maximum absolute atomic E-state index is 10.7. The highest BCUT2D eigenvalue weighted by Crippen LogP contribution is 2.27. The lowest BCUT2D eigenvalue weighted by molar-refractivity contribution is -0.138. The third kappa shape index (κ3) is 3.41. The number of benzene rings is 1. The molecule has 0 spiro atoms. The van der Waals surface area contributed by atoms with Crippen LogP contribution in [0.25, 0.3) is 11.4 Å². The molecule has 0 amide bonds. The molecule has 0 aliphatic rings. The lowest BCUT2D eigenvalue weighted by Crippen LogP contribution is -2.14. The van der Waals surface area contributed by atoms with Crippen molar-refractivity contribution in [2.75, 3.05) is 0 Å². The van der Waals surface area contributed by atoms with Crippen molar-refractivity contribution in [3.8, 4) is 11.4 Å². The molecular weight excluding hydrogens is 324 g/mol. The van der Waals surface area contributed by atoms with E-state index in [1.165, 1.54) is 0 Å². The van der Waals surface area contributed by atoms with Crippen LogP contribution in [0, 0.1) is 12.8 Å². The lowest BCUT2D eigenvalue weighted by atomic mass is 10.1. The summed E-state index contributed by atoms with van der Waals surface area (Å²) in [5.41, 5.74) is 2.03.